The summed E-state index contributed by atoms with van der Waals surface area (Å²) in [5.74, 6) is -0.649. The van der Waals surface area contributed by atoms with E-state index in [1.165, 1.54) is 19.1 Å². The number of carbonyl (C=O) groups is 2. The van der Waals surface area contributed by atoms with E-state index < -0.39 is 17.7 Å². The van der Waals surface area contributed by atoms with E-state index in [4.69, 9.17) is 21.1 Å². The number of likely N-dealkylation sites (N-methyl/N-ethyl adjacent to an activating group) is 1. The van der Waals surface area contributed by atoms with E-state index in [9.17, 15) is 14.7 Å². The molecule has 2 aromatic carbocycles. The second-order valence-corrected chi connectivity index (χ2v) is 7.85. The SMILES string of the molecule is COc1ccc([C@H]2C(=C(O)c3ccc(Cl)cc3)C(=O)C(=O)N2CCN(C)C)cc1OC. The molecule has 7 nitrogen and oxygen atoms in total. The number of rotatable bonds is 7. The zero-order valence-corrected chi connectivity index (χ0v) is 18.6. The van der Waals surface area contributed by atoms with E-state index in [2.05, 4.69) is 0 Å². The fourth-order valence-corrected chi connectivity index (χ4v) is 3.68. The maximum Gasteiger partial charge on any atom is 0.295 e. The molecule has 1 fully saturated rings. The Morgan fingerprint density at radius 1 is 1.06 bits per heavy atom. The molecule has 164 valence electrons. The van der Waals surface area contributed by atoms with Crippen LogP contribution in [0.3, 0.4) is 0 Å². The number of benzene rings is 2. The van der Waals surface area contributed by atoms with Gasteiger partial charge in [0.2, 0.25) is 0 Å². The molecule has 0 saturated carbocycles. The van der Waals surface area contributed by atoms with Gasteiger partial charge in [-0.2, -0.15) is 0 Å². The number of amides is 1. The van der Waals surface area contributed by atoms with Crippen LogP contribution in [0, 0.1) is 0 Å². The lowest BCUT2D eigenvalue weighted by molar-refractivity contribution is -0.140. The molecule has 1 aliphatic heterocycles. The normalized spacial score (nSPS) is 18.0. The molecule has 0 unspecified atom stereocenters. The number of carbonyl (C=O) groups excluding carboxylic acids is 2. The molecule has 31 heavy (non-hydrogen) atoms. The van der Waals surface area contributed by atoms with Crippen molar-refractivity contribution in [2.24, 2.45) is 0 Å². The third-order valence-corrected chi connectivity index (χ3v) is 5.42. The van der Waals surface area contributed by atoms with Crippen LogP contribution in [0.15, 0.2) is 48.0 Å². The van der Waals surface area contributed by atoms with E-state index in [-0.39, 0.29) is 11.3 Å². The van der Waals surface area contributed by atoms with Gasteiger partial charge in [0.15, 0.2) is 11.5 Å². The highest BCUT2D eigenvalue weighted by Gasteiger charge is 2.46. The Labute approximate surface area is 186 Å². The molecule has 0 radical (unpaired) electrons. The largest absolute Gasteiger partial charge is 0.507 e. The minimum atomic E-state index is -0.768. The van der Waals surface area contributed by atoms with Crippen molar-refractivity contribution in [3.8, 4) is 11.5 Å². The molecule has 1 aliphatic rings. The monoisotopic (exact) mass is 444 g/mol. The molecule has 1 heterocycles. The van der Waals surface area contributed by atoms with Crippen molar-refractivity contribution in [1.82, 2.24) is 9.80 Å². The van der Waals surface area contributed by atoms with Crippen LogP contribution in [0.4, 0.5) is 0 Å². The summed E-state index contributed by atoms with van der Waals surface area (Å²) in [6, 6.07) is 10.9. The van der Waals surface area contributed by atoms with Crippen molar-refractivity contribution in [3.63, 3.8) is 0 Å². The predicted octanol–water partition coefficient (Wildman–Crippen LogP) is 3.34. The first-order valence-corrected chi connectivity index (χ1v) is 10.1. The lowest BCUT2D eigenvalue weighted by atomic mass is 9.95. The van der Waals surface area contributed by atoms with Crippen molar-refractivity contribution >= 4 is 29.1 Å². The zero-order chi connectivity index (χ0) is 22.7. The van der Waals surface area contributed by atoms with E-state index in [1.54, 1.807) is 42.5 Å². The van der Waals surface area contributed by atoms with Gasteiger partial charge in [-0.3, -0.25) is 9.59 Å². The van der Waals surface area contributed by atoms with Crippen LogP contribution in [0.1, 0.15) is 17.2 Å². The van der Waals surface area contributed by atoms with Crippen molar-refractivity contribution in [3.05, 3.63) is 64.2 Å². The zero-order valence-electron chi connectivity index (χ0n) is 17.9. The van der Waals surface area contributed by atoms with Crippen LogP contribution in [-0.4, -0.2) is 68.0 Å². The first kappa shape index (κ1) is 22.7. The van der Waals surface area contributed by atoms with Crippen LogP contribution >= 0.6 is 11.6 Å². The van der Waals surface area contributed by atoms with E-state index in [0.717, 1.165) is 0 Å². The molecule has 0 aromatic heterocycles. The Kier molecular flexibility index (Phi) is 6.87. The molecule has 0 spiro atoms. The predicted molar refractivity (Wildman–Crippen MR) is 119 cm³/mol. The number of methoxy groups -OCH3 is 2. The number of ether oxygens (including phenoxy) is 2. The lowest BCUT2D eigenvalue weighted by Gasteiger charge is -2.27. The summed E-state index contributed by atoms with van der Waals surface area (Å²) in [6.07, 6.45) is 0. The summed E-state index contributed by atoms with van der Waals surface area (Å²) < 4.78 is 10.7. The number of hydrogen-bond acceptors (Lipinski definition) is 6. The Hall–Kier alpha value is -3.03. The Morgan fingerprint density at radius 3 is 2.29 bits per heavy atom. The lowest BCUT2D eigenvalue weighted by Crippen LogP contribution is -2.35. The average molecular weight is 445 g/mol. The van der Waals surface area contributed by atoms with Gasteiger partial charge in [-0.25, -0.2) is 0 Å². The van der Waals surface area contributed by atoms with Gasteiger partial charge >= 0.3 is 0 Å². The molecule has 2 aromatic rings. The first-order valence-electron chi connectivity index (χ1n) is 9.69. The summed E-state index contributed by atoms with van der Waals surface area (Å²) in [5, 5.41) is 11.5. The molecule has 1 atom stereocenters. The van der Waals surface area contributed by atoms with E-state index in [0.29, 0.717) is 40.7 Å². The molecule has 1 N–H and O–H groups in total. The highest BCUT2D eigenvalue weighted by molar-refractivity contribution is 6.46. The number of nitrogens with zero attached hydrogens (tertiary/aromatic N) is 2. The second kappa shape index (κ2) is 9.41. The molecule has 3 rings (SSSR count). The van der Waals surface area contributed by atoms with Crippen LogP contribution in [0.5, 0.6) is 11.5 Å². The summed E-state index contributed by atoms with van der Waals surface area (Å²) in [5.41, 5.74) is 1.06. The van der Waals surface area contributed by atoms with Crippen molar-refractivity contribution in [1.29, 1.82) is 0 Å². The summed E-state index contributed by atoms with van der Waals surface area (Å²) in [6.45, 7) is 0.867. The van der Waals surface area contributed by atoms with Crippen LogP contribution in [0.2, 0.25) is 5.02 Å². The Bertz CT molecular complexity index is 1020. The summed E-state index contributed by atoms with van der Waals surface area (Å²) in [4.78, 5) is 29.3. The third kappa shape index (κ3) is 4.52. The van der Waals surface area contributed by atoms with Gasteiger partial charge in [0.1, 0.15) is 5.76 Å². The number of aliphatic hydroxyl groups is 1. The first-order chi connectivity index (χ1) is 14.8. The number of halogens is 1. The number of ketones is 1. The smallest absolute Gasteiger partial charge is 0.295 e. The highest BCUT2D eigenvalue weighted by Crippen LogP contribution is 2.41. The van der Waals surface area contributed by atoms with Gasteiger partial charge < -0.3 is 24.4 Å². The van der Waals surface area contributed by atoms with Crippen LogP contribution < -0.4 is 9.47 Å². The molecule has 8 heteroatoms. The van der Waals surface area contributed by atoms with Crippen molar-refractivity contribution in [2.45, 2.75) is 6.04 Å². The van der Waals surface area contributed by atoms with E-state index in [1.807, 2.05) is 19.0 Å². The summed E-state index contributed by atoms with van der Waals surface area (Å²) >= 11 is 5.95. The minimum Gasteiger partial charge on any atom is -0.507 e. The topological polar surface area (TPSA) is 79.3 Å². The quantitative estimate of drug-likeness (QED) is 0.401. The fourth-order valence-electron chi connectivity index (χ4n) is 3.55. The molecule has 1 saturated heterocycles. The molecular formula is C23H25ClN2O5. The molecule has 0 bridgehead atoms. The average Bonchev–Trinajstić information content (AvgIpc) is 3.01. The maximum absolute atomic E-state index is 13.0. The van der Waals surface area contributed by atoms with Gasteiger partial charge in [0, 0.05) is 23.7 Å². The molecule has 0 aliphatic carbocycles. The van der Waals surface area contributed by atoms with Gasteiger partial charge in [0.05, 0.1) is 25.8 Å². The highest BCUT2D eigenvalue weighted by atomic mass is 35.5. The van der Waals surface area contributed by atoms with Crippen LogP contribution in [-0.2, 0) is 9.59 Å². The minimum absolute atomic E-state index is 0.0262. The molecule has 1 amide bonds. The number of Topliss-reactive ketones (excluding diaryl/α,β-unsaturated/α-hetero) is 1. The number of aliphatic hydroxyl groups excluding tert-OH is 1. The van der Waals surface area contributed by atoms with Gasteiger partial charge in [-0.05, 0) is 56.1 Å². The second-order valence-electron chi connectivity index (χ2n) is 7.42. The third-order valence-electron chi connectivity index (χ3n) is 5.17. The number of likely N-dealkylation sites (tertiary alicyclic amines) is 1. The standard InChI is InChI=1S/C23H25ClN2O5/c1-25(2)11-12-26-20(15-7-10-17(30-3)18(13-15)31-4)19(22(28)23(26)29)21(27)14-5-8-16(24)9-6-14/h5-10,13,20,27H,11-12H2,1-4H3/t20-/m0/s1. The number of hydrogen-bond donors (Lipinski definition) is 1. The van der Waals surface area contributed by atoms with E-state index >= 15 is 0 Å². The Morgan fingerprint density at radius 2 is 1.71 bits per heavy atom. The van der Waals surface area contributed by atoms with Gasteiger partial charge in [-0.15, -0.1) is 0 Å². The molecular weight excluding hydrogens is 420 g/mol. The fraction of sp³-hybridized carbons (Fsp3) is 0.304. The van der Waals surface area contributed by atoms with Crippen molar-refractivity contribution in [2.75, 3.05) is 41.4 Å². The van der Waals surface area contributed by atoms with Crippen molar-refractivity contribution < 1.29 is 24.2 Å². The Balaban J connectivity index is 2.18. The maximum atomic E-state index is 13.0. The summed E-state index contributed by atoms with van der Waals surface area (Å²) in [7, 11) is 6.81. The van der Waals surface area contributed by atoms with Gasteiger partial charge in [0.25, 0.3) is 11.7 Å². The van der Waals surface area contributed by atoms with Crippen LogP contribution in [0.25, 0.3) is 5.76 Å². The van der Waals surface area contributed by atoms with Gasteiger partial charge in [-0.1, -0.05) is 17.7 Å².